The molecule has 22 heteroatoms. The standard InChI is InChI=1S/C10H10N2.3C9H7ClN2.2C9H7FN2.C9H8N2.C6H7ClN2/c1-7-3-4-9-8(2)11-6-12-10(9)5-7;1-6-8-3-2-7(10)4-9(8)12-5-11-6;1-6-7-3-2-4-8(10)9(7)12-5-11-6;1-6-7-4-2-3-5-8(7)12-9(10)11-6;1-6-8-3-2-7(10)4-9(8)12-5-11-6;1-6-7-3-2-4-8(10)9(7)12-5-11-6;1-7-8-4-2-3-5-9(8)11-6-10-7;1-4-5(2)8-3-9-6(4)7/h3-6H,1-2H3;5*2-5H,1H3;2-6H,1H3;3H,1-2H3. The van der Waals surface area contributed by atoms with Crippen LogP contribution in [0.4, 0.5) is 8.78 Å². The van der Waals surface area contributed by atoms with Gasteiger partial charge in [0.1, 0.15) is 66.6 Å². The third kappa shape index (κ3) is 18.3. The van der Waals surface area contributed by atoms with Gasteiger partial charge in [-0.25, -0.2) is 88.5 Å². The molecule has 0 fully saturated rings. The summed E-state index contributed by atoms with van der Waals surface area (Å²) in [5.41, 5.74) is 15.5. The lowest BCUT2D eigenvalue weighted by Gasteiger charge is -2.00. The van der Waals surface area contributed by atoms with Gasteiger partial charge in [-0.1, -0.05) is 108 Å². The monoisotopic (exact) mass is 1300 g/mol. The Labute approximate surface area is 549 Å². The molecule has 462 valence electrons. The lowest BCUT2D eigenvalue weighted by molar-refractivity contribution is 0.629. The molecule has 92 heavy (non-hydrogen) atoms. The van der Waals surface area contributed by atoms with Crippen molar-refractivity contribution in [2.75, 3.05) is 0 Å². The van der Waals surface area contributed by atoms with Crippen molar-refractivity contribution in [2.24, 2.45) is 0 Å². The summed E-state index contributed by atoms with van der Waals surface area (Å²) in [6.07, 6.45) is 10.6. The number of aryl methyl sites for hydroxylation is 9. The van der Waals surface area contributed by atoms with E-state index in [0.717, 1.165) is 116 Å². The zero-order chi connectivity index (χ0) is 65.8. The van der Waals surface area contributed by atoms with E-state index in [0.29, 0.717) is 31.5 Å². The van der Waals surface area contributed by atoms with Gasteiger partial charge in [0.05, 0.1) is 43.8 Å². The Bertz CT molecular complexity index is 4620. The minimum atomic E-state index is -0.294. The van der Waals surface area contributed by atoms with Crippen molar-refractivity contribution in [3.63, 3.8) is 0 Å². The maximum Gasteiger partial charge on any atom is 0.223 e. The molecule has 0 N–H and O–H groups in total. The summed E-state index contributed by atoms with van der Waals surface area (Å²) in [6, 6.07) is 42.8. The van der Waals surface area contributed by atoms with Gasteiger partial charge in [-0.2, -0.15) is 0 Å². The number of para-hydroxylation sites is 4. The predicted octanol–water partition coefficient (Wildman–Crippen LogP) is 17.9. The van der Waals surface area contributed by atoms with E-state index in [1.54, 1.807) is 31.1 Å². The van der Waals surface area contributed by atoms with Gasteiger partial charge in [0.2, 0.25) is 5.28 Å². The van der Waals surface area contributed by atoms with E-state index in [1.807, 2.05) is 153 Å². The Morgan fingerprint density at radius 3 is 1.25 bits per heavy atom. The van der Waals surface area contributed by atoms with Gasteiger partial charge >= 0.3 is 0 Å². The topological polar surface area (TPSA) is 206 Å². The lowest BCUT2D eigenvalue weighted by Crippen LogP contribution is -1.89. The fourth-order valence-corrected chi connectivity index (χ4v) is 9.63. The summed E-state index contributed by atoms with van der Waals surface area (Å²) in [6.45, 7) is 19.4. The number of benzene rings is 7. The number of rotatable bonds is 0. The number of hydrogen-bond acceptors (Lipinski definition) is 16. The van der Waals surface area contributed by atoms with E-state index in [1.165, 1.54) is 49.1 Å². The van der Waals surface area contributed by atoms with Crippen molar-refractivity contribution in [2.45, 2.75) is 69.2 Å². The molecule has 0 saturated carbocycles. The second kappa shape index (κ2) is 32.7. The number of aromatic nitrogens is 16. The van der Waals surface area contributed by atoms with E-state index in [4.69, 9.17) is 46.4 Å². The highest BCUT2D eigenvalue weighted by Crippen LogP contribution is 2.24. The third-order valence-electron chi connectivity index (χ3n) is 14.0. The molecular weight excluding hydrogens is 1240 g/mol. The lowest BCUT2D eigenvalue weighted by atomic mass is 10.1. The molecule has 0 saturated heterocycles. The van der Waals surface area contributed by atoms with Crippen LogP contribution < -0.4 is 0 Å². The first-order chi connectivity index (χ1) is 44.3. The van der Waals surface area contributed by atoms with Gasteiger partial charge in [-0.15, -0.1) is 0 Å². The smallest absolute Gasteiger partial charge is 0.223 e. The van der Waals surface area contributed by atoms with E-state index in [9.17, 15) is 8.78 Å². The SMILES string of the molecule is Cc1ccc2c(C)ncnc2c1.Cc1nc(Cl)nc2ccccc12.Cc1ncnc(Cl)c1C.Cc1ncnc2c(Cl)cccc12.Cc1ncnc2c(F)cccc12.Cc1ncnc2cc(Cl)ccc12.Cc1ncnc2cc(F)ccc12.Cc1ncnc2ccccc12. The van der Waals surface area contributed by atoms with Gasteiger partial charge in [0.15, 0.2) is 0 Å². The van der Waals surface area contributed by atoms with Crippen LogP contribution in [0.3, 0.4) is 0 Å². The maximum atomic E-state index is 13.1. The average molecular weight is 1310 g/mol. The molecule has 15 aromatic rings. The highest BCUT2D eigenvalue weighted by Gasteiger charge is 2.06. The molecule has 0 aliphatic heterocycles. The van der Waals surface area contributed by atoms with E-state index in [2.05, 4.69) is 105 Å². The normalized spacial score (nSPS) is 10.4. The van der Waals surface area contributed by atoms with Crippen molar-refractivity contribution < 1.29 is 8.78 Å². The number of hydrogen-bond donors (Lipinski definition) is 0. The summed E-state index contributed by atoms with van der Waals surface area (Å²) in [5.74, 6) is -0.557. The fraction of sp³-hybridized carbons (Fsp3) is 0.143. The summed E-state index contributed by atoms with van der Waals surface area (Å²) >= 11 is 23.1. The first kappa shape index (κ1) is 67.9. The van der Waals surface area contributed by atoms with Gasteiger partial charge in [-0.3, -0.25) is 0 Å². The predicted molar refractivity (Wildman–Crippen MR) is 366 cm³/mol. The Kier molecular flexibility index (Phi) is 24.1. The molecule has 16 nitrogen and oxygen atoms in total. The molecule has 0 radical (unpaired) electrons. The molecule has 0 amide bonds. The minimum Gasteiger partial charge on any atom is -0.241 e. The van der Waals surface area contributed by atoms with Crippen LogP contribution in [0, 0.1) is 80.9 Å². The Hall–Kier alpha value is -9.98. The second-order valence-corrected chi connectivity index (χ2v) is 21.9. The summed E-state index contributed by atoms with van der Waals surface area (Å²) in [5, 5.41) is 9.33. The first-order valence-electron chi connectivity index (χ1n) is 28.4. The van der Waals surface area contributed by atoms with Crippen LogP contribution in [0.15, 0.2) is 184 Å². The van der Waals surface area contributed by atoms with Gasteiger partial charge < -0.3 is 0 Å². The van der Waals surface area contributed by atoms with E-state index >= 15 is 0 Å². The molecule has 0 aliphatic carbocycles. The van der Waals surface area contributed by atoms with Crippen molar-refractivity contribution in [1.82, 2.24) is 79.7 Å². The zero-order valence-electron chi connectivity index (χ0n) is 51.7. The van der Waals surface area contributed by atoms with Crippen LogP contribution in [0.25, 0.3) is 76.3 Å². The molecule has 0 aliphatic rings. The average Bonchev–Trinajstić information content (AvgIpc) is 1.40. The number of halogens is 6. The number of nitrogens with zero attached hydrogens (tertiary/aromatic N) is 16. The van der Waals surface area contributed by atoms with Crippen molar-refractivity contribution in [3.05, 3.63) is 273 Å². The first-order valence-corrected chi connectivity index (χ1v) is 29.9. The zero-order valence-corrected chi connectivity index (χ0v) is 54.8. The van der Waals surface area contributed by atoms with Crippen LogP contribution in [-0.4, -0.2) is 79.7 Å². The Morgan fingerprint density at radius 2 is 0.707 bits per heavy atom. The molecule has 0 unspecified atom stereocenters. The fourth-order valence-electron chi connectivity index (χ4n) is 8.84. The van der Waals surface area contributed by atoms with Gasteiger partial charge in [0, 0.05) is 94.2 Å². The van der Waals surface area contributed by atoms with Crippen LogP contribution in [-0.2, 0) is 0 Å². The van der Waals surface area contributed by atoms with Gasteiger partial charge in [0.25, 0.3) is 0 Å². The van der Waals surface area contributed by atoms with Crippen molar-refractivity contribution in [1.29, 1.82) is 0 Å². The van der Waals surface area contributed by atoms with Gasteiger partial charge in [-0.05, 0) is 147 Å². The molecule has 15 rings (SSSR count). The van der Waals surface area contributed by atoms with Crippen LogP contribution in [0.2, 0.25) is 20.5 Å². The molecule has 8 heterocycles. The van der Waals surface area contributed by atoms with E-state index in [-0.39, 0.29) is 11.6 Å². The Balaban J connectivity index is 0.000000135. The summed E-state index contributed by atoms with van der Waals surface area (Å²) in [7, 11) is 0. The molecule has 0 spiro atoms. The van der Waals surface area contributed by atoms with Crippen molar-refractivity contribution in [3.8, 4) is 0 Å². The molecular formula is C70H60Cl4F2N16. The quantitative estimate of drug-likeness (QED) is 0.102. The highest BCUT2D eigenvalue weighted by molar-refractivity contribution is 6.35. The molecule has 0 bridgehead atoms. The summed E-state index contributed by atoms with van der Waals surface area (Å²) in [4.78, 5) is 64.6. The Morgan fingerprint density at radius 1 is 0.293 bits per heavy atom. The molecule has 8 aromatic heterocycles. The van der Waals surface area contributed by atoms with Crippen LogP contribution >= 0.6 is 46.4 Å². The molecule has 7 aromatic carbocycles. The molecule has 0 atom stereocenters. The van der Waals surface area contributed by atoms with Crippen LogP contribution in [0.5, 0.6) is 0 Å². The number of fused-ring (bicyclic) bond motifs is 7. The largest absolute Gasteiger partial charge is 0.241 e. The highest BCUT2D eigenvalue weighted by atomic mass is 35.5. The summed E-state index contributed by atoms with van der Waals surface area (Å²) < 4.78 is 25.8. The van der Waals surface area contributed by atoms with Crippen LogP contribution in [0.1, 0.15) is 56.7 Å². The second-order valence-electron chi connectivity index (χ2n) is 20.4. The minimum absolute atomic E-state index is 0.263. The maximum absolute atomic E-state index is 13.1. The third-order valence-corrected chi connectivity index (χ3v) is 15.1. The van der Waals surface area contributed by atoms with Crippen molar-refractivity contribution >= 4 is 123 Å². The van der Waals surface area contributed by atoms with E-state index < -0.39 is 0 Å².